The third-order valence-corrected chi connectivity index (χ3v) is 4.63. The number of thioether (sulfide) groups is 1. The van der Waals surface area contributed by atoms with Crippen molar-refractivity contribution in [1.82, 2.24) is 9.97 Å². The lowest BCUT2D eigenvalue weighted by molar-refractivity contribution is 0.0994. The molecule has 1 N–H and O–H groups in total. The number of nitrogens with zero attached hydrogens (tertiary/aromatic N) is 1. The van der Waals surface area contributed by atoms with E-state index in [0.717, 1.165) is 21.9 Å². The number of methoxy groups -OCH3 is 1. The van der Waals surface area contributed by atoms with E-state index in [4.69, 9.17) is 4.74 Å². The lowest BCUT2D eigenvalue weighted by Crippen LogP contribution is -2.13. The van der Waals surface area contributed by atoms with Gasteiger partial charge in [0.25, 0.3) is 0 Å². The van der Waals surface area contributed by atoms with Crippen LogP contribution in [0.4, 0.5) is 0 Å². The molecule has 1 unspecified atom stereocenters. The summed E-state index contributed by atoms with van der Waals surface area (Å²) in [6, 6.07) is 13.3. The second kappa shape index (κ2) is 6.46. The van der Waals surface area contributed by atoms with Gasteiger partial charge in [-0.25, -0.2) is 4.98 Å². The SMILES string of the molecule is COc1ccc(C(=O)C(C)Sc2nc3ccc(C)cc3[nH]2)cc1. The van der Waals surface area contributed by atoms with E-state index in [1.807, 2.05) is 26.0 Å². The van der Waals surface area contributed by atoms with E-state index >= 15 is 0 Å². The van der Waals surface area contributed by atoms with E-state index in [0.29, 0.717) is 5.56 Å². The minimum atomic E-state index is -0.218. The number of aryl methyl sites for hydroxylation is 1. The first-order chi connectivity index (χ1) is 11.1. The summed E-state index contributed by atoms with van der Waals surface area (Å²) in [6.45, 7) is 3.94. The third-order valence-electron chi connectivity index (χ3n) is 3.65. The molecule has 4 nitrogen and oxygen atoms in total. The van der Waals surface area contributed by atoms with Crippen LogP contribution < -0.4 is 4.74 Å². The van der Waals surface area contributed by atoms with E-state index in [2.05, 4.69) is 16.0 Å². The Morgan fingerprint density at radius 2 is 1.96 bits per heavy atom. The van der Waals surface area contributed by atoms with E-state index in [1.54, 1.807) is 31.4 Å². The van der Waals surface area contributed by atoms with Gasteiger partial charge in [0.2, 0.25) is 0 Å². The predicted octanol–water partition coefficient (Wildman–Crippen LogP) is 4.24. The Kier molecular flexibility index (Phi) is 4.39. The lowest BCUT2D eigenvalue weighted by atomic mass is 10.1. The normalized spacial score (nSPS) is 12.3. The first kappa shape index (κ1) is 15.6. The summed E-state index contributed by atoms with van der Waals surface area (Å²) in [5.74, 6) is 0.823. The average molecular weight is 326 g/mol. The molecule has 0 aliphatic carbocycles. The van der Waals surface area contributed by atoms with Crippen molar-refractivity contribution in [3.8, 4) is 5.75 Å². The molecule has 3 rings (SSSR count). The number of Topliss-reactive ketones (excluding diaryl/α,β-unsaturated/α-hetero) is 1. The van der Waals surface area contributed by atoms with Crippen LogP contribution in [0.3, 0.4) is 0 Å². The minimum Gasteiger partial charge on any atom is -0.497 e. The summed E-state index contributed by atoms with van der Waals surface area (Å²) < 4.78 is 5.12. The van der Waals surface area contributed by atoms with Crippen LogP contribution in [-0.4, -0.2) is 28.1 Å². The molecule has 0 radical (unpaired) electrons. The second-order valence-corrected chi connectivity index (χ2v) is 6.74. The summed E-state index contributed by atoms with van der Waals surface area (Å²) in [5.41, 5.74) is 3.77. The molecule has 0 fully saturated rings. The predicted molar refractivity (Wildman–Crippen MR) is 93.5 cm³/mol. The van der Waals surface area contributed by atoms with Gasteiger partial charge in [-0.2, -0.15) is 0 Å². The van der Waals surface area contributed by atoms with Crippen LogP contribution in [0.1, 0.15) is 22.8 Å². The Bertz CT molecular complexity index is 840. The van der Waals surface area contributed by atoms with E-state index in [-0.39, 0.29) is 11.0 Å². The quantitative estimate of drug-likeness (QED) is 0.563. The largest absolute Gasteiger partial charge is 0.497 e. The number of imidazole rings is 1. The highest BCUT2D eigenvalue weighted by Crippen LogP contribution is 2.26. The number of nitrogens with one attached hydrogen (secondary N) is 1. The molecular formula is C18H18N2O2S. The van der Waals surface area contributed by atoms with Crippen LogP contribution in [0.15, 0.2) is 47.6 Å². The highest BCUT2D eigenvalue weighted by Gasteiger charge is 2.18. The van der Waals surface area contributed by atoms with Crippen LogP contribution in [0, 0.1) is 6.92 Å². The van der Waals surface area contributed by atoms with Gasteiger partial charge in [-0.15, -0.1) is 0 Å². The average Bonchev–Trinajstić information content (AvgIpc) is 2.95. The number of H-pyrrole nitrogens is 1. The minimum absolute atomic E-state index is 0.0780. The number of hydrogen-bond donors (Lipinski definition) is 1. The van der Waals surface area contributed by atoms with Gasteiger partial charge in [-0.1, -0.05) is 17.8 Å². The summed E-state index contributed by atoms with van der Waals surface area (Å²) in [7, 11) is 1.61. The van der Waals surface area contributed by atoms with E-state index in [9.17, 15) is 4.79 Å². The van der Waals surface area contributed by atoms with Gasteiger partial charge in [-0.05, 0) is 55.8 Å². The molecule has 0 bridgehead atoms. The molecule has 0 aliphatic heterocycles. The third kappa shape index (κ3) is 3.40. The van der Waals surface area contributed by atoms with Crippen molar-refractivity contribution in [3.63, 3.8) is 0 Å². The zero-order chi connectivity index (χ0) is 16.4. The van der Waals surface area contributed by atoms with Gasteiger partial charge >= 0.3 is 0 Å². The summed E-state index contributed by atoms with van der Waals surface area (Å²) in [5, 5.41) is 0.546. The van der Waals surface area contributed by atoms with E-state index in [1.165, 1.54) is 17.3 Å². The molecule has 5 heteroatoms. The molecule has 0 amide bonds. The van der Waals surface area contributed by atoms with Crippen molar-refractivity contribution in [1.29, 1.82) is 0 Å². The van der Waals surface area contributed by atoms with Crippen molar-refractivity contribution in [2.75, 3.05) is 7.11 Å². The van der Waals surface area contributed by atoms with Crippen molar-refractivity contribution in [3.05, 3.63) is 53.6 Å². The topological polar surface area (TPSA) is 55.0 Å². The smallest absolute Gasteiger partial charge is 0.175 e. The molecule has 0 saturated carbocycles. The standard InChI is InChI=1S/C18H18N2O2S/c1-11-4-9-15-16(10-11)20-18(19-15)23-12(2)17(21)13-5-7-14(22-3)8-6-13/h4-10,12H,1-3H3,(H,19,20). The van der Waals surface area contributed by atoms with Gasteiger partial charge in [0.05, 0.1) is 23.4 Å². The molecule has 23 heavy (non-hydrogen) atoms. The Hall–Kier alpha value is -2.27. The maximum Gasteiger partial charge on any atom is 0.175 e. The second-order valence-electron chi connectivity index (χ2n) is 5.42. The van der Waals surface area contributed by atoms with Crippen LogP contribution in [0.25, 0.3) is 11.0 Å². The first-order valence-electron chi connectivity index (χ1n) is 7.38. The summed E-state index contributed by atoms with van der Waals surface area (Å²) in [6.07, 6.45) is 0. The molecule has 0 aliphatic rings. The van der Waals surface area contributed by atoms with Crippen molar-refractivity contribution < 1.29 is 9.53 Å². The fraction of sp³-hybridized carbons (Fsp3) is 0.222. The molecule has 1 aromatic heterocycles. The summed E-state index contributed by atoms with van der Waals surface area (Å²) >= 11 is 1.44. The van der Waals surface area contributed by atoms with Crippen molar-refractivity contribution >= 4 is 28.6 Å². The number of ether oxygens (including phenoxy) is 1. The maximum absolute atomic E-state index is 12.5. The van der Waals surface area contributed by atoms with Gasteiger partial charge in [0, 0.05) is 5.56 Å². The number of carbonyl (C=O) groups is 1. The Morgan fingerprint density at radius 3 is 2.65 bits per heavy atom. The Labute approximate surface area is 139 Å². The Balaban J connectivity index is 1.76. The number of aromatic amines is 1. The molecule has 1 heterocycles. The fourth-order valence-electron chi connectivity index (χ4n) is 2.37. The van der Waals surface area contributed by atoms with Crippen molar-refractivity contribution in [2.24, 2.45) is 0 Å². The fourth-order valence-corrected chi connectivity index (χ4v) is 3.26. The number of ketones is 1. The molecule has 0 spiro atoms. The molecule has 1 atom stereocenters. The molecule has 2 aromatic carbocycles. The first-order valence-corrected chi connectivity index (χ1v) is 8.26. The maximum atomic E-state index is 12.5. The number of carbonyl (C=O) groups excluding carboxylic acids is 1. The van der Waals surface area contributed by atoms with Gasteiger partial charge in [-0.3, -0.25) is 4.79 Å². The number of rotatable bonds is 5. The monoisotopic (exact) mass is 326 g/mol. The van der Waals surface area contributed by atoms with E-state index < -0.39 is 0 Å². The number of benzene rings is 2. The molecular weight excluding hydrogens is 308 g/mol. The lowest BCUT2D eigenvalue weighted by Gasteiger charge is -2.08. The zero-order valence-corrected chi connectivity index (χ0v) is 14.1. The van der Waals surface area contributed by atoms with Crippen molar-refractivity contribution in [2.45, 2.75) is 24.3 Å². The highest BCUT2D eigenvalue weighted by molar-refractivity contribution is 8.00. The number of hydrogen-bond acceptors (Lipinski definition) is 4. The van der Waals surface area contributed by atoms with Crippen LogP contribution >= 0.6 is 11.8 Å². The van der Waals surface area contributed by atoms with Crippen LogP contribution in [0.5, 0.6) is 5.75 Å². The van der Waals surface area contributed by atoms with Gasteiger partial charge < -0.3 is 9.72 Å². The van der Waals surface area contributed by atoms with Crippen LogP contribution in [-0.2, 0) is 0 Å². The molecule has 0 saturated heterocycles. The van der Waals surface area contributed by atoms with Gasteiger partial charge in [0.15, 0.2) is 10.9 Å². The molecule has 118 valence electrons. The highest BCUT2D eigenvalue weighted by atomic mass is 32.2. The van der Waals surface area contributed by atoms with Gasteiger partial charge in [0.1, 0.15) is 5.75 Å². The number of aromatic nitrogens is 2. The summed E-state index contributed by atoms with van der Waals surface area (Å²) in [4.78, 5) is 20.3. The number of fused-ring (bicyclic) bond motifs is 1. The molecule has 3 aromatic rings. The Morgan fingerprint density at radius 1 is 1.22 bits per heavy atom. The van der Waals surface area contributed by atoms with Crippen LogP contribution in [0.2, 0.25) is 0 Å². The zero-order valence-electron chi connectivity index (χ0n) is 13.3.